The molecule has 90 valence electrons. The first kappa shape index (κ1) is 14.2. The van der Waals surface area contributed by atoms with Crippen molar-refractivity contribution in [1.82, 2.24) is 10.2 Å². The van der Waals surface area contributed by atoms with Crippen LogP contribution in [0.1, 0.15) is 33.6 Å². The zero-order valence-electron chi connectivity index (χ0n) is 10.4. The first-order chi connectivity index (χ1) is 7.27. The molecular formula is C11H24N2O2. The monoisotopic (exact) mass is 216 g/mol. The van der Waals surface area contributed by atoms with Crippen LogP contribution in [0.4, 0.5) is 4.79 Å². The number of amides is 1. The summed E-state index contributed by atoms with van der Waals surface area (Å²) in [5.74, 6) is 0.669. The lowest BCUT2D eigenvalue weighted by atomic mass is 10.1. The van der Waals surface area contributed by atoms with Crippen molar-refractivity contribution in [2.45, 2.75) is 33.6 Å². The van der Waals surface area contributed by atoms with Gasteiger partial charge in [0.1, 0.15) is 6.73 Å². The van der Waals surface area contributed by atoms with E-state index in [-0.39, 0.29) is 6.09 Å². The van der Waals surface area contributed by atoms with Gasteiger partial charge in [-0.05, 0) is 19.4 Å². The maximum atomic E-state index is 11.3. The number of hydrogen-bond acceptors (Lipinski definition) is 3. The van der Waals surface area contributed by atoms with Gasteiger partial charge in [-0.25, -0.2) is 4.79 Å². The maximum absolute atomic E-state index is 11.3. The summed E-state index contributed by atoms with van der Waals surface area (Å²) in [6, 6.07) is 0. The number of nitrogens with one attached hydrogen (secondary N) is 1. The van der Waals surface area contributed by atoms with Crippen LogP contribution in [0.2, 0.25) is 0 Å². The molecule has 1 unspecified atom stereocenters. The minimum Gasteiger partial charge on any atom is -0.433 e. The van der Waals surface area contributed by atoms with Gasteiger partial charge in [0.15, 0.2) is 0 Å². The summed E-state index contributed by atoms with van der Waals surface area (Å²) < 4.78 is 4.94. The zero-order chi connectivity index (χ0) is 11.7. The number of carbonyl (C=O) groups excluding carboxylic acids is 1. The van der Waals surface area contributed by atoms with E-state index in [9.17, 15) is 4.79 Å². The summed E-state index contributed by atoms with van der Waals surface area (Å²) >= 11 is 0. The molecule has 1 aliphatic heterocycles. The Balaban J connectivity index is 0.000000921. The van der Waals surface area contributed by atoms with Crippen LogP contribution < -0.4 is 5.32 Å². The van der Waals surface area contributed by atoms with E-state index < -0.39 is 0 Å². The third-order valence-corrected chi connectivity index (χ3v) is 2.46. The van der Waals surface area contributed by atoms with Gasteiger partial charge in [-0.15, -0.1) is 0 Å². The van der Waals surface area contributed by atoms with E-state index in [1.165, 1.54) is 0 Å². The molecule has 0 aromatic rings. The second kappa shape index (κ2) is 8.53. The molecule has 1 N–H and O–H groups in total. The van der Waals surface area contributed by atoms with Crippen LogP contribution in [0.25, 0.3) is 0 Å². The van der Waals surface area contributed by atoms with Crippen LogP contribution in [-0.2, 0) is 4.74 Å². The lowest BCUT2D eigenvalue weighted by Gasteiger charge is -2.15. The van der Waals surface area contributed by atoms with E-state index in [0.29, 0.717) is 12.6 Å². The molecule has 0 aliphatic carbocycles. The Kier molecular flexibility index (Phi) is 8.09. The normalized spacial score (nSPS) is 19.5. The third kappa shape index (κ3) is 5.02. The molecule has 15 heavy (non-hydrogen) atoms. The van der Waals surface area contributed by atoms with Crippen molar-refractivity contribution >= 4 is 6.09 Å². The molecule has 0 bridgehead atoms. The van der Waals surface area contributed by atoms with Crippen LogP contribution in [-0.4, -0.2) is 37.9 Å². The average molecular weight is 216 g/mol. The van der Waals surface area contributed by atoms with E-state index in [4.69, 9.17) is 4.74 Å². The Labute approximate surface area is 93.0 Å². The van der Waals surface area contributed by atoms with Crippen molar-refractivity contribution in [2.24, 2.45) is 5.92 Å². The van der Waals surface area contributed by atoms with E-state index >= 15 is 0 Å². The van der Waals surface area contributed by atoms with Gasteiger partial charge < -0.3 is 9.64 Å². The Bertz CT molecular complexity index is 174. The Morgan fingerprint density at radius 3 is 2.67 bits per heavy atom. The summed E-state index contributed by atoms with van der Waals surface area (Å²) in [5, 5.41) is 2.78. The fourth-order valence-electron chi connectivity index (χ4n) is 1.56. The van der Waals surface area contributed by atoms with Gasteiger partial charge >= 0.3 is 6.09 Å². The molecule has 1 rings (SSSR count). The molecule has 1 atom stereocenters. The van der Waals surface area contributed by atoms with Crippen molar-refractivity contribution in [3.63, 3.8) is 0 Å². The molecule has 0 aromatic heterocycles. The second-order valence-corrected chi connectivity index (χ2v) is 3.42. The van der Waals surface area contributed by atoms with E-state index in [0.717, 1.165) is 25.9 Å². The van der Waals surface area contributed by atoms with Crippen molar-refractivity contribution in [2.75, 3.05) is 26.9 Å². The highest BCUT2D eigenvalue weighted by atomic mass is 16.6. The fraction of sp³-hybridized carbons (Fsp3) is 0.909. The van der Waals surface area contributed by atoms with Crippen LogP contribution >= 0.6 is 0 Å². The number of rotatable bonds is 3. The highest BCUT2D eigenvalue weighted by Crippen LogP contribution is 2.19. The molecule has 4 heteroatoms. The molecule has 1 amide bonds. The van der Waals surface area contributed by atoms with Gasteiger partial charge in [0.05, 0.1) is 0 Å². The standard InChI is InChI=1S/C9H18N2O2.C2H6/c1-3-8-4-5-11(6-8)9(12)13-7-10-2;1-2/h8,10H,3-7H2,1-2H3;1-2H3. The van der Waals surface area contributed by atoms with Crippen LogP contribution in [0.15, 0.2) is 0 Å². The van der Waals surface area contributed by atoms with Crippen molar-refractivity contribution in [3.05, 3.63) is 0 Å². The topological polar surface area (TPSA) is 41.6 Å². The highest BCUT2D eigenvalue weighted by molar-refractivity contribution is 5.67. The van der Waals surface area contributed by atoms with E-state index in [2.05, 4.69) is 12.2 Å². The third-order valence-electron chi connectivity index (χ3n) is 2.46. The van der Waals surface area contributed by atoms with Crippen molar-refractivity contribution < 1.29 is 9.53 Å². The molecule has 0 radical (unpaired) electrons. The molecule has 4 nitrogen and oxygen atoms in total. The number of nitrogens with zero attached hydrogens (tertiary/aromatic N) is 1. The first-order valence-corrected chi connectivity index (χ1v) is 5.84. The zero-order valence-corrected chi connectivity index (χ0v) is 10.4. The Morgan fingerprint density at radius 1 is 1.53 bits per heavy atom. The van der Waals surface area contributed by atoms with Gasteiger partial charge in [0.2, 0.25) is 0 Å². The maximum Gasteiger partial charge on any atom is 0.411 e. The minimum atomic E-state index is -0.190. The molecule has 0 spiro atoms. The summed E-state index contributed by atoms with van der Waals surface area (Å²) in [7, 11) is 1.76. The SMILES string of the molecule is CC.CCC1CCN(C(=O)OCNC)C1. The molecule has 1 saturated heterocycles. The average Bonchev–Trinajstić information content (AvgIpc) is 2.77. The van der Waals surface area contributed by atoms with Crippen molar-refractivity contribution in [3.8, 4) is 0 Å². The predicted octanol–water partition coefficient (Wildman–Crippen LogP) is 2.06. The van der Waals surface area contributed by atoms with Gasteiger partial charge in [0.25, 0.3) is 0 Å². The van der Waals surface area contributed by atoms with E-state index in [1.54, 1.807) is 11.9 Å². The molecule has 0 saturated carbocycles. The van der Waals surface area contributed by atoms with Gasteiger partial charge in [-0.2, -0.15) is 0 Å². The number of carbonyl (C=O) groups is 1. The molecule has 1 heterocycles. The lowest BCUT2D eigenvalue weighted by Crippen LogP contribution is -2.31. The summed E-state index contributed by atoms with van der Waals surface area (Å²) in [6.07, 6.45) is 2.08. The quantitative estimate of drug-likeness (QED) is 0.734. The number of ether oxygens (including phenoxy) is 1. The number of likely N-dealkylation sites (tertiary alicyclic amines) is 1. The first-order valence-electron chi connectivity index (χ1n) is 5.84. The Morgan fingerprint density at radius 2 is 2.20 bits per heavy atom. The molecule has 0 aromatic carbocycles. The number of hydrogen-bond donors (Lipinski definition) is 1. The Hall–Kier alpha value is -0.770. The van der Waals surface area contributed by atoms with E-state index in [1.807, 2.05) is 13.8 Å². The van der Waals surface area contributed by atoms with Crippen LogP contribution in [0.3, 0.4) is 0 Å². The molecule has 1 aliphatic rings. The van der Waals surface area contributed by atoms with Gasteiger partial charge in [-0.3, -0.25) is 5.32 Å². The van der Waals surface area contributed by atoms with Crippen molar-refractivity contribution in [1.29, 1.82) is 0 Å². The molecular weight excluding hydrogens is 192 g/mol. The van der Waals surface area contributed by atoms with Crippen LogP contribution in [0.5, 0.6) is 0 Å². The predicted molar refractivity (Wildman–Crippen MR) is 61.7 cm³/mol. The van der Waals surface area contributed by atoms with Gasteiger partial charge in [0, 0.05) is 13.1 Å². The van der Waals surface area contributed by atoms with Crippen LogP contribution in [0, 0.1) is 5.92 Å². The summed E-state index contributed by atoms with van der Waals surface area (Å²) in [6.45, 7) is 8.17. The lowest BCUT2D eigenvalue weighted by molar-refractivity contribution is 0.104. The van der Waals surface area contributed by atoms with Gasteiger partial charge in [-0.1, -0.05) is 27.2 Å². The minimum absolute atomic E-state index is 0.190. The second-order valence-electron chi connectivity index (χ2n) is 3.42. The largest absolute Gasteiger partial charge is 0.433 e. The smallest absolute Gasteiger partial charge is 0.411 e. The fourth-order valence-corrected chi connectivity index (χ4v) is 1.56. The highest BCUT2D eigenvalue weighted by Gasteiger charge is 2.25. The summed E-state index contributed by atoms with van der Waals surface area (Å²) in [5.41, 5.74) is 0. The molecule has 1 fully saturated rings. The summed E-state index contributed by atoms with van der Waals surface area (Å²) in [4.78, 5) is 13.1.